The third-order valence-corrected chi connectivity index (χ3v) is 3.17. The topological polar surface area (TPSA) is 56.6 Å². The molecule has 1 aliphatic heterocycles. The van der Waals surface area contributed by atoms with Gasteiger partial charge < -0.3 is 14.5 Å². The second-order valence-corrected chi connectivity index (χ2v) is 4.22. The Balaban J connectivity index is 2.23. The summed E-state index contributed by atoms with van der Waals surface area (Å²) in [5.41, 5.74) is 1.02. The van der Waals surface area contributed by atoms with Crippen molar-refractivity contribution < 1.29 is 9.53 Å². The first-order valence-corrected chi connectivity index (χ1v) is 5.70. The van der Waals surface area contributed by atoms with E-state index in [1.54, 1.807) is 24.0 Å². The molecule has 94 valence electrons. The SMILES string of the molecule is COc1cccc(C2CN(CC#N)C(=O)N2C)c1. The minimum Gasteiger partial charge on any atom is -0.497 e. The molecule has 1 saturated heterocycles. The molecule has 0 radical (unpaired) electrons. The predicted octanol–water partition coefficient (Wildman–Crippen LogP) is 1.63. The van der Waals surface area contributed by atoms with E-state index >= 15 is 0 Å². The maximum Gasteiger partial charge on any atom is 0.321 e. The van der Waals surface area contributed by atoms with Crippen LogP contribution < -0.4 is 4.74 Å². The van der Waals surface area contributed by atoms with Gasteiger partial charge in [0.2, 0.25) is 0 Å². The van der Waals surface area contributed by atoms with Crippen LogP contribution in [0.2, 0.25) is 0 Å². The van der Waals surface area contributed by atoms with E-state index in [1.807, 2.05) is 30.3 Å². The summed E-state index contributed by atoms with van der Waals surface area (Å²) in [6.07, 6.45) is 0. The molecule has 2 rings (SSSR count). The van der Waals surface area contributed by atoms with Gasteiger partial charge in [-0.05, 0) is 17.7 Å². The van der Waals surface area contributed by atoms with Crippen LogP contribution in [0.1, 0.15) is 11.6 Å². The Morgan fingerprint density at radius 1 is 1.56 bits per heavy atom. The molecule has 2 amide bonds. The summed E-state index contributed by atoms with van der Waals surface area (Å²) in [5.74, 6) is 0.770. The van der Waals surface area contributed by atoms with Crippen LogP contribution in [-0.2, 0) is 0 Å². The number of rotatable bonds is 3. The summed E-state index contributed by atoms with van der Waals surface area (Å²) in [7, 11) is 3.37. The molecule has 1 unspecified atom stereocenters. The first-order chi connectivity index (χ1) is 8.67. The fourth-order valence-electron chi connectivity index (χ4n) is 2.16. The fourth-order valence-corrected chi connectivity index (χ4v) is 2.16. The third kappa shape index (κ3) is 2.09. The van der Waals surface area contributed by atoms with E-state index in [1.165, 1.54) is 0 Å². The van der Waals surface area contributed by atoms with Gasteiger partial charge in [-0.2, -0.15) is 5.26 Å². The van der Waals surface area contributed by atoms with Gasteiger partial charge in [0.05, 0.1) is 19.2 Å². The molecule has 1 fully saturated rings. The van der Waals surface area contributed by atoms with Crippen LogP contribution in [0, 0.1) is 11.3 Å². The van der Waals surface area contributed by atoms with Crippen LogP contribution in [-0.4, -0.2) is 43.1 Å². The van der Waals surface area contributed by atoms with Gasteiger partial charge in [-0.15, -0.1) is 0 Å². The minimum atomic E-state index is -0.107. The van der Waals surface area contributed by atoms with E-state index in [4.69, 9.17) is 10.00 Å². The number of carbonyl (C=O) groups is 1. The summed E-state index contributed by atoms with van der Waals surface area (Å²) in [4.78, 5) is 15.1. The van der Waals surface area contributed by atoms with Crippen molar-refractivity contribution in [2.45, 2.75) is 6.04 Å². The second-order valence-electron chi connectivity index (χ2n) is 4.22. The Bertz CT molecular complexity index is 495. The molecule has 5 heteroatoms. The molecule has 1 aromatic rings. The maximum absolute atomic E-state index is 11.9. The minimum absolute atomic E-state index is 0.0269. The lowest BCUT2D eigenvalue weighted by Crippen LogP contribution is -2.29. The zero-order valence-electron chi connectivity index (χ0n) is 10.5. The molecule has 1 atom stereocenters. The number of likely N-dealkylation sites (N-methyl/N-ethyl adjacent to an activating group) is 1. The molecule has 0 spiro atoms. The average Bonchev–Trinajstić information content (AvgIpc) is 2.68. The third-order valence-electron chi connectivity index (χ3n) is 3.17. The standard InChI is InChI=1S/C13H15N3O2/c1-15-12(9-16(7-6-14)13(15)17)10-4-3-5-11(8-10)18-2/h3-5,8,12H,7,9H2,1-2H3. The highest BCUT2D eigenvalue weighted by atomic mass is 16.5. The van der Waals surface area contributed by atoms with Crippen molar-refractivity contribution in [3.8, 4) is 11.8 Å². The smallest absolute Gasteiger partial charge is 0.321 e. The fraction of sp³-hybridized carbons (Fsp3) is 0.385. The number of amides is 2. The van der Waals surface area contributed by atoms with Gasteiger partial charge >= 0.3 is 6.03 Å². The van der Waals surface area contributed by atoms with E-state index in [2.05, 4.69) is 0 Å². The van der Waals surface area contributed by atoms with Crippen molar-refractivity contribution >= 4 is 6.03 Å². The summed E-state index contributed by atoms with van der Waals surface area (Å²) in [5, 5.41) is 8.69. The quantitative estimate of drug-likeness (QED) is 0.760. The molecular formula is C13H15N3O2. The molecule has 5 nitrogen and oxygen atoms in total. The number of nitrogens with zero attached hydrogens (tertiary/aromatic N) is 3. The number of hydrogen-bond acceptors (Lipinski definition) is 3. The molecular weight excluding hydrogens is 230 g/mol. The number of ether oxygens (including phenoxy) is 1. The monoisotopic (exact) mass is 245 g/mol. The predicted molar refractivity (Wildman–Crippen MR) is 66.1 cm³/mol. The highest BCUT2D eigenvalue weighted by Crippen LogP contribution is 2.29. The van der Waals surface area contributed by atoms with Gasteiger partial charge in [0.25, 0.3) is 0 Å². The molecule has 1 aliphatic rings. The van der Waals surface area contributed by atoms with Crippen LogP contribution in [0.15, 0.2) is 24.3 Å². The van der Waals surface area contributed by atoms with Crippen molar-refractivity contribution in [2.24, 2.45) is 0 Å². The summed E-state index contributed by atoms with van der Waals surface area (Å²) in [6.45, 7) is 0.666. The van der Waals surface area contributed by atoms with Gasteiger partial charge in [0, 0.05) is 13.6 Å². The van der Waals surface area contributed by atoms with Gasteiger partial charge in [-0.1, -0.05) is 12.1 Å². The number of nitriles is 1. The highest BCUT2D eigenvalue weighted by Gasteiger charge is 2.35. The van der Waals surface area contributed by atoms with Crippen molar-refractivity contribution in [1.29, 1.82) is 5.26 Å². The summed E-state index contributed by atoms with van der Waals surface area (Å²) < 4.78 is 5.18. The van der Waals surface area contributed by atoms with Crippen molar-refractivity contribution in [3.05, 3.63) is 29.8 Å². The molecule has 0 bridgehead atoms. The first kappa shape index (κ1) is 12.2. The van der Waals surface area contributed by atoms with E-state index in [0.29, 0.717) is 6.54 Å². The van der Waals surface area contributed by atoms with Crippen LogP contribution in [0.4, 0.5) is 4.79 Å². The van der Waals surface area contributed by atoms with Gasteiger partial charge in [0.1, 0.15) is 12.3 Å². The first-order valence-electron chi connectivity index (χ1n) is 5.70. The van der Waals surface area contributed by atoms with E-state index < -0.39 is 0 Å². The number of hydrogen-bond donors (Lipinski definition) is 0. The molecule has 0 N–H and O–H groups in total. The highest BCUT2D eigenvalue weighted by molar-refractivity contribution is 5.77. The van der Waals surface area contributed by atoms with Gasteiger partial charge in [-0.3, -0.25) is 0 Å². The second kappa shape index (κ2) is 4.96. The van der Waals surface area contributed by atoms with Crippen LogP contribution in [0.3, 0.4) is 0 Å². The van der Waals surface area contributed by atoms with E-state index in [0.717, 1.165) is 11.3 Å². The Labute approximate surface area is 106 Å². The van der Waals surface area contributed by atoms with Crippen LogP contribution in [0.5, 0.6) is 5.75 Å². The summed E-state index contributed by atoms with van der Waals surface area (Å²) in [6, 6.07) is 9.53. The number of methoxy groups -OCH3 is 1. The Hall–Kier alpha value is -2.22. The van der Waals surface area contributed by atoms with Crippen molar-refractivity contribution in [3.63, 3.8) is 0 Å². The zero-order chi connectivity index (χ0) is 13.1. The molecule has 0 aliphatic carbocycles. The Kier molecular flexibility index (Phi) is 3.38. The molecule has 0 saturated carbocycles. The van der Waals surface area contributed by atoms with E-state index in [9.17, 15) is 4.79 Å². The average molecular weight is 245 g/mol. The van der Waals surface area contributed by atoms with Crippen molar-refractivity contribution in [2.75, 3.05) is 27.2 Å². The lowest BCUT2D eigenvalue weighted by Gasteiger charge is -2.18. The molecule has 1 heterocycles. The lowest BCUT2D eigenvalue weighted by atomic mass is 10.1. The lowest BCUT2D eigenvalue weighted by molar-refractivity contribution is 0.199. The molecule has 1 aromatic carbocycles. The number of urea groups is 1. The normalized spacial score (nSPS) is 18.9. The van der Waals surface area contributed by atoms with Gasteiger partial charge in [-0.25, -0.2) is 4.79 Å². The van der Waals surface area contributed by atoms with E-state index in [-0.39, 0.29) is 18.6 Å². The maximum atomic E-state index is 11.9. The Morgan fingerprint density at radius 3 is 3.00 bits per heavy atom. The number of carbonyl (C=O) groups excluding carboxylic acids is 1. The molecule has 0 aromatic heterocycles. The Morgan fingerprint density at radius 2 is 2.33 bits per heavy atom. The summed E-state index contributed by atoms with van der Waals surface area (Å²) >= 11 is 0. The van der Waals surface area contributed by atoms with Crippen molar-refractivity contribution in [1.82, 2.24) is 9.80 Å². The van der Waals surface area contributed by atoms with Gasteiger partial charge in [0.15, 0.2) is 0 Å². The zero-order valence-corrected chi connectivity index (χ0v) is 10.5. The van der Waals surface area contributed by atoms with Crippen LogP contribution in [0.25, 0.3) is 0 Å². The number of benzene rings is 1. The largest absolute Gasteiger partial charge is 0.497 e. The van der Waals surface area contributed by atoms with Crippen LogP contribution >= 0.6 is 0 Å². The molecule has 18 heavy (non-hydrogen) atoms.